The first-order valence-electron chi connectivity index (χ1n) is 8.08. The number of aliphatic hydroxyl groups is 1. The molecule has 0 bridgehead atoms. The lowest BCUT2D eigenvalue weighted by Crippen LogP contribution is -2.34. The summed E-state index contributed by atoms with van der Waals surface area (Å²) in [5, 5.41) is 15.5. The van der Waals surface area contributed by atoms with Gasteiger partial charge in [0.15, 0.2) is 11.7 Å². The Morgan fingerprint density at radius 2 is 2.24 bits per heavy atom. The summed E-state index contributed by atoms with van der Waals surface area (Å²) in [6, 6.07) is 3.19. The van der Waals surface area contributed by atoms with E-state index in [-0.39, 0.29) is 36.0 Å². The molecule has 0 radical (unpaired) electrons. The summed E-state index contributed by atoms with van der Waals surface area (Å²) in [7, 11) is 0. The van der Waals surface area contributed by atoms with Crippen molar-refractivity contribution in [2.75, 3.05) is 19.6 Å². The van der Waals surface area contributed by atoms with Gasteiger partial charge in [0, 0.05) is 44.5 Å². The Morgan fingerprint density at radius 3 is 2.96 bits per heavy atom. The molecule has 3 N–H and O–H groups in total. The first-order valence-corrected chi connectivity index (χ1v) is 8.08. The second kappa shape index (κ2) is 7.71. The lowest BCUT2D eigenvalue weighted by atomic mass is 10.1. The first kappa shape index (κ1) is 17.5. The molecule has 1 aromatic carbocycles. The number of carbonyl (C=O) groups is 1. The van der Waals surface area contributed by atoms with Crippen molar-refractivity contribution in [3.63, 3.8) is 0 Å². The zero-order chi connectivity index (χ0) is 17.8. The minimum absolute atomic E-state index is 0.0127. The van der Waals surface area contributed by atoms with Crippen molar-refractivity contribution in [2.24, 2.45) is 5.92 Å². The molecule has 0 aliphatic carbocycles. The number of hydrogen-bond acceptors (Lipinski definition) is 5. The van der Waals surface area contributed by atoms with Gasteiger partial charge in [0.2, 0.25) is 5.91 Å². The Bertz CT molecular complexity index is 750. The van der Waals surface area contributed by atoms with Crippen LogP contribution in [-0.4, -0.2) is 41.7 Å². The number of carbonyl (C=O) groups excluding carboxylic acids is 1. The van der Waals surface area contributed by atoms with Crippen molar-refractivity contribution in [1.82, 2.24) is 15.6 Å². The highest BCUT2D eigenvalue weighted by Crippen LogP contribution is 2.24. The van der Waals surface area contributed by atoms with E-state index in [0.717, 1.165) is 12.1 Å². The molecule has 2 atom stereocenters. The van der Waals surface area contributed by atoms with Gasteiger partial charge in [-0.25, -0.2) is 13.8 Å². The minimum Gasteiger partial charge on any atom is -0.441 e. The molecule has 6 nitrogen and oxygen atoms in total. The van der Waals surface area contributed by atoms with E-state index in [4.69, 9.17) is 4.42 Å². The number of aliphatic hydroxyl groups excluding tert-OH is 1. The molecular formula is C17H19F2N3O3. The Labute approximate surface area is 143 Å². The summed E-state index contributed by atoms with van der Waals surface area (Å²) in [6.07, 6.45) is 1.34. The SMILES string of the molecule is O=C(CCc1ncc(-c2ccc(F)cc2F)o1)NCC1CNCC1O. The summed E-state index contributed by atoms with van der Waals surface area (Å²) in [5.41, 5.74) is 0.118. The van der Waals surface area contributed by atoms with Gasteiger partial charge in [-0.1, -0.05) is 0 Å². The lowest BCUT2D eigenvalue weighted by molar-refractivity contribution is -0.121. The standard InChI is InChI=1S/C17H19F2N3O3/c18-11-1-2-12(13(19)5-11)15-9-22-17(25-15)4-3-16(24)21-7-10-6-20-8-14(10)23/h1-2,5,9-10,14,20,23H,3-4,6-8H2,(H,21,24). The van der Waals surface area contributed by atoms with Crippen LogP contribution in [0, 0.1) is 17.6 Å². The Morgan fingerprint density at radius 1 is 1.40 bits per heavy atom. The molecule has 1 aliphatic rings. The fourth-order valence-electron chi connectivity index (χ4n) is 2.72. The van der Waals surface area contributed by atoms with Crippen LogP contribution in [0.4, 0.5) is 8.78 Å². The second-order valence-corrected chi connectivity index (χ2v) is 6.03. The van der Waals surface area contributed by atoms with E-state index in [2.05, 4.69) is 15.6 Å². The summed E-state index contributed by atoms with van der Waals surface area (Å²) in [4.78, 5) is 15.9. The molecule has 1 fully saturated rings. The molecule has 2 heterocycles. The van der Waals surface area contributed by atoms with Gasteiger partial charge in [-0.3, -0.25) is 4.79 Å². The molecule has 1 aromatic heterocycles. The fourth-order valence-corrected chi connectivity index (χ4v) is 2.72. The average molecular weight is 351 g/mol. The molecule has 2 aromatic rings. The number of halogens is 2. The number of amides is 1. The monoisotopic (exact) mass is 351 g/mol. The molecule has 1 saturated heterocycles. The van der Waals surface area contributed by atoms with Gasteiger partial charge in [-0.05, 0) is 12.1 Å². The van der Waals surface area contributed by atoms with Gasteiger partial charge in [-0.15, -0.1) is 0 Å². The summed E-state index contributed by atoms with van der Waals surface area (Å²) >= 11 is 0. The van der Waals surface area contributed by atoms with Crippen LogP contribution in [0.15, 0.2) is 28.8 Å². The van der Waals surface area contributed by atoms with Gasteiger partial charge >= 0.3 is 0 Å². The van der Waals surface area contributed by atoms with E-state index >= 15 is 0 Å². The number of β-amino-alcohol motifs (C(OH)–C–C–N with tert-alkyl or cyclic N) is 1. The van der Waals surface area contributed by atoms with Gasteiger partial charge in [0.1, 0.15) is 11.6 Å². The van der Waals surface area contributed by atoms with Crippen LogP contribution in [-0.2, 0) is 11.2 Å². The maximum atomic E-state index is 13.7. The van der Waals surface area contributed by atoms with Crippen LogP contribution in [0.2, 0.25) is 0 Å². The molecule has 1 aliphatic heterocycles. The molecule has 1 amide bonds. The molecule has 25 heavy (non-hydrogen) atoms. The van der Waals surface area contributed by atoms with E-state index in [9.17, 15) is 18.7 Å². The van der Waals surface area contributed by atoms with Gasteiger partial charge in [0.05, 0.1) is 17.9 Å². The van der Waals surface area contributed by atoms with E-state index in [1.54, 1.807) is 0 Å². The molecule has 3 rings (SSSR count). The van der Waals surface area contributed by atoms with Gasteiger partial charge < -0.3 is 20.2 Å². The van der Waals surface area contributed by atoms with Gasteiger partial charge in [0.25, 0.3) is 0 Å². The zero-order valence-electron chi connectivity index (χ0n) is 13.5. The Balaban J connectivity index is 1.50. The second-order valence-electron chi connectivity index (χ2n) is 6.03. The smallest absolute Gasteiger partial charge is 0.220 e. The van der Waals surface area contributed by atoms with Crippen molar-refractivity contribution in [3.05, 3.63) is 41.9 Å². The first-order chi connectivity index (χ1) is 12.0. The highest BCUT2D eigenvalue weighted by atomic mass is 19.1. The number of nitrogens with one attached hydrogen (secondary N) is 2. The number of aromatic nitrogens is 1. The number of benzene rings is 1. The summed E-state index contributed by atoms with van der Waals surface area (Å²) in [6.45, 7) is 1.62. The van der Waals surface area contributed by atoms with Crippen LogP contribution in [0.3, 0.4) is 0 Å². The van der Waals surface area contributed by atoms with Crippen molar-refractivity contribution >= 4 is 5.91 Å². The third-order valence-corrected chi connectivity index (χ3v) is 4.18. The Hall–Kier alpha value is -2.32. The maximum absolute atomic E-state index is 13.7. The van der Waals surface area contributed by atoms with Crippen LogP contribution in [0.5, 0.6) is 0 Å². The highest BCUT2D eigenvalue weighted by molar-refractivity contribution is 5.76. The van der Waals surface area contributed by atoms with Crippen LogP contribution >= 0.6 is 0 Å². The maximum Gasteiger partial charge on any atom is 0.220 e. The van der Waals surface area contributed by atoms with Crippen molar-refractivity contribution in [2.45, 2.75) is 18.9 Å². The third-order valence-electron chi connectivity index (χ3n) is 4.18. The highest BCUT2D eigenvalue weighted by Gasteiger charge is 2.25. The van der Waals surface area contributed by atoms with E-state index in [0.29, 0.717) is 25.5 Å². The van der Waals surface area contributed by atoms with Crippen LogP contribution in [0.1, 0.15) is 12.3 Å². The quantitative estimate of drug-likeness (QED) is 0.729. The van der Waals surface area contributed by atoms with Crippen LogP contribution < -0.4 is 10.6 Å². The fraction of sp³-hybridized carbons (Fsp3) is 0.412. The molecule has 134 valence electrons. The number of rotatable bonds is 6. The summed E-state index contributed by atoms with van der Waals surface area (Å²) in [5.74, 6) is -1.07. The minimum atomic E-state index is -0.732. The topological polar surface area (TPSA) is 87.4 Å². The molecular weight excluding hydrogens is 332 g/mol. The normalized spacial score (nSPS) is 20.0. The molecule has 2 unspecified atom stereocenters. The summed E-state index contributed by atoms with van der Waals surface area (Å²) < 4.78 is 32.1. The molecule has 8 heteroatoms. The largest absolute Gasteiger partial charge is 0.441 e. The Kier molecular flexibility index (Phi) is 5.40. The van der Waals surface area contributed by atoms with Gasteiger partial charge in [-0.2, -0.15) is 0 Å². The van der Waals surface area contributed by atoms with Crippen molar-refractivity contribution in [3.8, 4) is 11.3 Å². The average Bonchev–Trinajstić information content (AvgIpc) is 3.20. The van der Waals surface area contributed by atoms with Crippen molar-refractivity contribution in [1.29, 1.82) is 0 Å². The number of aryl methyl sites for hydroxylation is 1. The third kappa shape index (κ3) is 4.40. The van der Waals surface area contributed by atoms with E-state index in [1.165, 1.54) is 12.3 Å². The van der Waals surface area contributed by atoms with E-state index < -0.39 is 17.7 Å². The molecule has 0 spiro atoms. The van der Waals surface area contributed by atoms with Crippen LogP contribution in [0.25, 0.3) is 11.3 Å². The predicted octanol–water partition coefficient (Wildman–Crippen LogP) is 1.25. The van der Waals surface area contributed by atoms with Crippen molar-refractivity contribution < 1.29 is 23.1 Å². The zero-order valence-corrected chi connectivity index (χ0v) is 13.5. The number of hydrogen-bond donors (Lipinski definition) is 3. The number of nitrogens with zero attached hydrogens (tertiary/aromatic N) is 1. The number of oxazole rings is 1. The van der Waals surface area contributed by atoms with E-state index in [1.807, 2.05) is 0 Å². The molecule has 0 saturated carbocycles. The lowest BCUT2D eigenvalue weighted by Gasteiger charge is -2.13. The predicted molar refractivity (Wildman–Crippen MR) is 85.6 cm³/mol.